The molecule has 0 heterocycles. The Labute approximate surface area is 269 Å². The lowest BCUT2D eigenvalue weighted by Gasteiger charge is -2.34. The molecule has 0 aromatic heterocycles. The fraction of sp³-hybridized carbons (Fsp3) is 0.861. The first-order valence-electron chi connectivity index (χ1n) is 17.7. The van der Waals surface area contributed by atoms with Crippen molar-refractivity contribution in [3.8, 4) is 0 Å². The summed E-state index contributed by atoms with van der Waals surface area (Å²) in [6.07, 6.45) is 25.2. The number of carbonyl (C=O) groups is 3. The standard InChI is InChI=1S/C36H67NO7/c1-6-8-10-12-14-16-17-18-19-21-23-25-27-35(39)44-32(30-42-29-28-33(36(40)41)37(3,4)5)31-43-34(38)26-24-22-20-15-13-11-9-7-2/h14,16,32-33H,6-13,15,17-31H2,1-5H3/b16-14+. The maximum Gasteiger partial charge on any atom is 0.306 e. The van der Waals surface area contributed by atoms with Crippen molar-refractivity contribution in [1.82, 2.24) is 0 Å². The molecule has 8 nitrogen and oxygen atoms in total. The smallest absolute Gasteiger partial charge is 0.306 e. The molecule has 0 spiro atoms. The number of esters is 2. The number of carbonyl (C=O) groups excluding carboxylic acids is 3. The van der Waals surface area contributed by atoms with Crippen LogP contribution in [0.25, 0.3) is 0 Å². The first-order valence-corrected chi connectivity index (χ1v) is 17.7. The van der Waals surface area contributed by atoms with E-state index in [1.165, 1.54) is 64.2 Å². The highest BCUT2D eigenvalue weighted by Gasteiger charge is 2.25. The molecule has 258 valence electrons. The first kappa shape index (κ1) is 42.1. The van der Waals surface area contributed by atoms with Crippen LogP contribution in [0.2, 0.25) is 0 Å². The van der Waals surface area contributed by atoms with E-state index in [1.54, 1.807) is 21.1 Å². The minimum atomic E-state index is -1.13. The van der Waals surface area contributed by atoms with Crippen LogP contribution in [-0.2, 0) is 28.6 Å². The third kappa shape index (κ3) is 26.5. The van der Waals surface area contributed by atoms with Crippen LogP contribution in [0.1, 0.15) is 149 Å². The second-order valence-electron chi connectivity index (χ2n) is 13.1. The van der Waals surface area contributed by atoms with Crippen LogP contribution in [0, 0.1) is 0 Å². The molecule has 0 bridgehead atoms. The Morgan fingerprint density at radius 3 is 1.68 bits per heavy atom. The molecule has 0 aliphatic heterocycles. The van der Waals surface area contributed by atoms with Gasteiger partial charge in [-0.05, 0) is 38.5 Å². The summed E-state index contributed by atoms with van der Waals surface area (Å²) < 4.78 is 17.0. The molecular formula is C36H67NO7. The Hall–Kier alpha value is -1.93. The number of carboxylic acids is 1. The highest BCUT2D eigenvalue weighted by molar-refractivity contribution is 5.70. The quantitative estimate of drug-likeness (QED) is 0.0351. The van der Waals surface area contributed by atoms with Crippen molar-refractivity contribution in [3.63, 3.8) is 0 Å². The van der Waals surface area contributed by atoms with Gasteiger partial charge in [-0.15, -0.1) is 0 Å². The monoisotopic (exact) mass is 625 g/mol. The molecule has 0 rings (SSSR count). The zero-order valence-corrected chi connectivity index (χ0v) is 29.1. The van der Waals surface area contributed by atoms with E-state index in [1.807, 2.05) is 0 Å². The molecular weight excluding hydrogens is 558 g/mol. The second-order valence-corrected chi connectivity index (χ2v) is 13.1. The molecule has 0 amide bonds. The van der Waals surface area contributed by atoms with Crippen LogP contribution in [-0.4, -0.2) is 75.5 Å². The Balaban J connectivity index is 4.47. The van der Waals surface area contributed by atoms with E-state index in [4.69, 9.17) is 14.2 Å². The van der Waals surface area contributed by atoms with Crippen LogP contribution in [0.15, 0.2) is 12.2 Å². The van der Waals surface area contributed by atoms with Gasteiger partial charge in [0, 0.05) is 19.3 Å². The number of nitrogens with zero attached hydrogens (tertiary/aromatic N) is 1. The van der Waals surface area contributed by atoms with Crippen molar-refractivity contribution in [3.05, 3.63) is 12.2 Å². The fourth-order valence-electron chi connectivity index (χ4n) is 5.06. The predicted octanol–water partition coefficient (Wildman–Crippen LogP) is 7.07. The van der Waals surface area contributed by atoms with Crippen LogP contribution >= 0.6 is 0 Å². The van der Waals surface area contributed by atoms with Crippen molar-refractivity contribution in [1.29, 1.82) is 0 Å². The van der Waals surface area contributed by atoms with Gasteiger partial charge < -0.3 is 28.6 Å². The van der Waals surface area contributed by atoms with Gasteiger partial charge >= 0.3 is 11.9 Å². The van der Waals surface area contributed by atoms with Gasteiger partial charge in [0.1, 0.15) is 12.6 Å². The molecule has 0 saturated carbocycles. The van der Waals surface area contributed by atoms with Gasteiger partial charge in [-0.25, -0.2) is 0 Å². The van der Waals surface area contributed by atoms with E-state index in [-0.39, 0.29) is 42.7 Å². The summed E-state index contributed by atoms with van der Waals surface area (Å²) >= 11 is 0. The van der Waals surface area contributed by atoms with Crippen molar-refractivity contribution in [2.45, 2.75) is 161 Å². The summed E-state index contributed by atoms with van der Waals surface area (Å²) in [5.41, 5.74) is 0. The molecule has 0 saturated heterocycles. The number of hydrogen-bond acceptors (Lipinski definition) is 7. The maximum atomic E-state index is 12.6. The van der Waals surface area contributed by atoms with Gasteiger partial charge in [0.2, 0.25) is 0 Å². The number of allylic oxidation sites excluding steroid dienone is 2. The Bertz CT molecular complexity index is 747. The highest BCUT2D eigenvalue weighted by Crippen LogP contribution is 2.13. The van der Waals surface area contributed by atoms with E-state index in [9.17, 15) is 19.5 Å². The van der Waals surface area contributed by atoms with Crippen LogP contribution in [0.5, 0.6) is 0 Å². The van der Waals surface area contributed by atoms with Gasteiger partial charge in [0.25, 0.3) is 0 Å². The normalized spacial score (nSPS) is 13.2. The summed E-state index contributed by atoms with van der Waals surface area (Å²) in [5.74, 6) is -1.75. The number of likely N-dealkylation sites (N-methyl/N-ethyl adjacent to an activating group) is 1. The number of ether oxygens (including phenoxy) is 3. The van der Waals surface area contributed by atoms with Crippen molar-refractivity contribution < 1.29 is 38.2 Å². The third-order valence-electron chi connectivity index (χ3n) is 7.90. The summed E-state index contributed by atoms with van der Waals surface area (Å²) in [6, 6.07) is -0.720. The minimum Gasteiger partial charge on any atom is -0.544 e. The number of unbranched alkanes of at least 4 members (excludes halogenated alkanes) is 15. The molecule has 0 aromatic rings. The minimum absolute atomic E-state index is 0.0413. The van der Waals surface area contributed by atoms with Gasteiger partial charge in [-0.3, -0.25) is 9.59 Å². The number of hydrogen-bond donors (Lipinski definition) is 0. The lowest BCUT2D eigenvalue weighted by atomic mass is 10.1. The average molecular weight is 626 g/mol. The Morgan fingerprint density at radius 1 is 0.659 bits per heavy atom. The molecule has 8 heteroatoms. The Kier molecular flexibility index (Phi) is 27.3. The SMILES string of the molecule is CCCCC/C=C/CCCCCCCC(=O)OC(COCCC(C(=O)[O-])[N+](C)(C)C)COC(=O)CCCCCCCCCC. The lowest BCUT2D eigenvalue weighted by molar-refractivity contribution is -0.889. The van der Waals surface area contributed by atoms with Crippen LogP contribution in [0.4, 0.5) is 0 Å². The molecule has 2 unspecified atom stereocenters. The van der Waals surface area contributed by atoms with Gasteiger partial charge in [-0.1, -0.05) is 103 Å². The molecule has 0 radical (unpaired) electrons. The zero-order chi connectivity index (χ0) is 32.9. The average Bonchev–Trinajstić information content (AvgIpc) is 2.96. The van der Waals surface area contributed by atoms with Gasteiger partial charge in [-0.2, -0.15) is 0 Å². The fourth-order valence-corrected chi connectivity index (χ4v) is 5.06. The van der Waals surface area contributed by atoms with Gasteiger partial charge in [0.15, 0.2) is 6.10 Å². The molecule has 0 aliphatic rings. The summed E-state index contributed by atoms with van der Waals surface area (Å²) in [5, 5.41) is 11.5. The summed E-state index contributed by atoms with van der Waals surface area (Å²) in [4.78, 5) is 36.4. The highest BCUT2D eigenvalue weighted by atomic mass is 16.6. The summed E-state index contributed by atoms with van der Waals surface area (Å²) in [6.45, 7) is 4.58. The second kappa shape index (κ2) is 28.5. The van der Waals surface area contributed by atoms with Gasteiger partial charge in [0.05, 0.1) is 40.3 Å². The van der Waals surface area contributed by atoms with E-state index in [0.717, 1.165) is 51.4 Å². The number of rotatable bonds is 31. The molecule has 0 fully saturated rings. The van der Waals surface area contributed by atoms with E-state index >= 15 is 0 Å². The lowest BCUT2D eigenvalue weighted by Crippen LogP contribution is -2.55. The van der Waals surface area contributed by atoms with Crippen LogP contribution in [0.3, 0.4) is 0 Å². The first-order chi connectivity index (χ1) is 21.1. The van der Waals surface area contributed by atoms with Crippen molar-refractivity contribution >= 4 is 17.9 Å². The molecule has 2 atom stereocenters. The predicted molar refractivity (Wildman–Crippen MR) is 176 cm³/mol. The van der Waals surface area contributed by atoms with E-state index < -0.39 is 18.1 Å². The molecule has 0 N–H and O–H groups in total. The molecule has 0 aliphatic carbocycles. The van der Waals surface area contributed by atoms with Crippen molar-refractivity contribution in [2.24, 2.45) is 0 Å². The van der Waals surface area contributed by atoms with E-state index in [0.29, 0.717) is 12.8 Å². The zero-order valence-electron chi connectivity index (χ0n) is 29.1. The number of quaternary nitrogens is 1. The maximum absolute atomic E-state index is 12.6. The Morgan fingerprint density at radius 2 is 1.14 bits per heavy atom. The number of aliphatic carboxylic acids is 1. The van der Waals surface area contributed by atoms with E-state index in [2.05, 4.69) is 26.0 Å². The van der Waals surface area contributed by atoms with Crippen molar-refractivity contribution in [2.75, 3.05) is 41.0 Å². The number of carboxylic acid groups (broad SMARTS) is 1. The largest absolute Gasteiger partial charge is 0.544 e. The topological polar surface area (TPSA) is 102 Å². The summed E-state index contributed by atoms with van der Waals surface area (Å²) in [7, 11) is 5.39. The third-order valence-corrected chi connectivity index (χ3v) is 7.90. The van der Waals surface area contributed by atoms with Crippen LogP contribution < -0.4 is 5.11 Å². The molecule has 44 heavy (non-hydrogen) atoms. The molecule has 0 aromatic carbocycles.